The fraction of sp³-hybridized carbons (Fsp3) is 0.417. The highest BCUT2D eigenvalue weighted by atomic mass is 79.9. The van der Waals surface area contributed by atoms with Gasteiger partial charge in [0.1, 0.15) is 0 Å². The molecule has 1 N–H and O–H groups in total. The fourth-order valence-electron chi connectivity index (χ4n) is 1.90. The van der Waals surface area contributed by atoms with Crippen LogP contribution >= 0.6 is 15.9 Å². The van der Waals surface area contributed by atoms with Gasteiger partial charge in [-0.3, -0.25) is 4.79 Å². The van der Waals surface area contributed by atoms with Gasteiger partial charge in [-0.05, 0) is 40.9 Å². The minimum Gasteiger partial charge on any atom is -0.474 e. The number of hydrogen-bond acceptors (Lipinski definition) is 2. The maximum Gasteiger partial charge on any atom is 0.268 e. The summed E-state index contributed by atoms with van der Waals surface area (Å²) in [5, 5.41) is 2.90. The van der Waals surface area contributed by atoms with E-state index in [9.17, 15) is 4.79 Å². The monoisotopic (exact) mass is 283 g/mol. The number of fused-ring (bicyclic) bond motifs is 1. The Morgan fingerprint density at radius 1 is 1.38 bits per heavy atom. The third-order valence-electron chi connectivity index (χ3n) is 3.07. The predicted octanol–water partition coefficient (Wildman–Crippen LogP) is 3.34. The highest BCUT2D eigenvalue weighted by Gasteiger charge is 2.41. The van der Waals surface area contributed by atoms with Gasteiger partial charge >= 0.3 is 0 Å². The molecule has 0 atom stereocenters. The minimum atomic E-state index is -0.725. The van der Waals surface area contributed by atoms with E-state index in [0.29, 0.717) is 12.8 Å². The SMILES string of the molecule is CCC1(CC)Oc2c(Br)cccc2NC1=O. The molecule has 0 radical (unpaired) electrons. The van der Waals surface area contributed by atoms with Crippen molar-refractivity contribution in [3.05, 3.63) is 22.7 Å². The molecule has 0 saturated carbocycles. The summed E-state index contributed by atoms with van der Waals surface area (Å²) in [6.07, 6.45) is 1.33. The molecule has 4 heteroatoms. The number of halogens is 1. The van der Waals surface area contributed by atoms with Gasteiger partial charge in [-0.1, -0.05) is 19.9 Å². The van der Waals surface area contributed by atoms with E-state index >= 15 is 0 Å². The lowest BCUT2D eigenvalue weighted by atomic mass is 9.94. The quantitative estimate of drug-likeness (QED) is 0.904. The first-order chi connectivity index (χ1) is 7.63. The van der Waals surface area contributed by atoms with Crippen molar-refractivity contribution in [1.82, 2.24) is 0 Å². The van der Waals surface area contributed by atoms with Gasteiger partial charge in [0.15, 0.2) is 11.4 Å². The predicted molar refractivity (Wildman–Crippen MR) is 66.7 cm³/mol. The van der Waals surface area contributed by atoms with Crippen LogP contribution in [-0.2, 0) is 4.79 Å². The number of carbonyl (C=O) groups excluding carboxylic acids is 1. The molecule has 0 fully saturated rings. The molecule has 0 spiro atoms. The maximum absolute atomic E-state index is 12.0. The largest absolute Gasteiger partial charge is 0.474 e. The summed E-state index contributed by atoms with van der Waals surface area (Å²) in [6, 6.07) is 5.62. The van der Waals surface area contributed by atoms with Crippen molar-refractivity contribution >= 4 is 27.5 Å². The highest BCUT2D eigenvalue weighted by Crippen LogP contribution is 2.41. The lowest BCUT2D eigenvalue weighted by molar-refractivity contribution is -0.133. The number of ether oxygens (including phenoxy) is 1. The van der Waals surface area contributed by atoms with Crippen LogP contribution in [0.15, 0.2) is 22.7 Å². The Labute approximate surface area is 103 Å². The number of benzene rings is 1. The zero-order valence-corrected chi connectivity index (χ0v) is 10.9. The average Bonchev–Trinajstić information content (AvgIpc) is 2.29. The Balaban J connectivity index is 2.48. The van der Waals surface area contributed by atoms with Crippen molar-refractivity contribution in [2.24, 2.45) is 0 Å². The van der Waals surface area contributed by atoms with Gasteiger partial charge in [0.25, 0.3) is 5.91 Å². The third kappa shape index (κ3) is 1.61. The first-order valence-electron chi connectivity index (χ1n) is 5.42. The number of para-hydroxylation sites is 1. The maximum atomic E-state index is 12.0. The summed E-state index contributed by atoms with van der Waals surface area (Å²) in [6.45, 7) is 3.93. The first-order valence-corrected chi connectivity index (χ1v) is 6.21. The van der Waals surface area contributed by atoms with Crippen molar-refractivity contribution in [2.45, 2.75) is 32.3 Å². The lowest BCUT2D eigenvalue weighted by Crippen LogP contribution is -2.50. The van der Waals surface area contributed by atoms with Gasteiger partial charge in [0.05, 0.1) is 10.2 Å². The molecule has 16 heavy (non-hydrogen) atoms. The van der Waals surface area contributed by atoms with Crippen LogP contribution in [0.5, 0.6) is 5.75 Å². The van der Waals surface area contributed by atoms with E-state index in [1.54, 1.807) is 0 Å². The molecule has 1 aromatic carbocycles. The van der Waals surface area contributed by atoms with E-state index < -0.39 is 5.60 Å². The standard InChI is InChI=1S/C12H14BrNO2/c1-3-12(4-2)11(15)14-9-7-5-6-8(13)10(9)16-12/h5-7H,3-4H2,1-2H3,(H,14,15). The minimum absolute atomic E-state index is 0.0527. The van der Waals surface area contributed by atoms with Gasteiger partial charge in [-0.2, -0.15) is 0 Å². The number of nitrogens with one attached hydrogen (secondary N) is 1. The van der Waals surface area contributed by atoms with Gasteiger partial charge in [-0.15, -0.1) is 0 Å². The molecule has 0 bridgehead atoms. The Kier molecular flexibility index (Phi) is 2.93. The second-order valence-corrected chi connectivity index (χ2v) is 4.73. The van der Waals surface area contributed by atoms with Crippen LogP contribution in [0.2, 0.25) is 0 Å². The van der Waals surface area contributed by atoms with Crippen LogP contribution in [-0.4, -0.2) is 11.5 Å². The van der Waals surface area contributed by atoms with Crippen LogP contribution in [0.1, 0.15) is 26.7 Å². The third-order valence-corrected chi connectivity index (χ3v) is 3.69. The van der Waals surface area contributed by atoms with E-state index in [2.05, 4.69) is 21.2 Å². The van der Waals surface area contributed by atoms with Gasteiger partial charge < -0.3 is 10.1 Å². The van der Waals surface area contributed by atoms with Gasteiger partial charge in [-0.25, -0.2) is 0 Å². The number of anilines is 1. The summed E-state index contributed by atoms with van der Waals surface area (Å²) >= 11 is 3.44. The molecule has 86 valence electrons. The number of carbonyl (C=O) groups is 1. The molecule has 0 unspecified atom stereocenters. The smallest absolute Gasteiger partial charge is 0.268 e. The van der Waals surface area contributed by atoms with Crippen LogP contribution in [0.3, 0.4) is 0 Å². The molecule has 3 nitrogen and oxygen atoms in total. The van der Waals surface area contributed by atoms with E-state index in [1.807, 2.05) is 32.0 Å². The molecular weight excluding hydrogens is 270 g/mol. The molecule has 1 amide bonds. The number of hydrogen-bond donors (Lipinski definition) is 1. The van der Waals surface area contributed by atoms with E-state index in [1.165, 1.54) is 0 Å². The summed E-state index contributed by atoms with van der Waals surface area (Å²) in [4.78, 5) is 12.0. The van der Waals surface area contributed by atoms with Crippen molar-refractivity contribution < 1.29 is 9.53 Å². The molecule has 2 rings (SSSR count). The highest BCUT2D eigenvalue weighted by molar-refractivity contribution is 9.10. The van der Waals surface area contributed by atoms with Gasteiger partial charge in [0.2, 0.25) is 0 Å². The Bertz CT molecular complexity index is 427. The summed E-state index contributed by atoms with van der Waals surface area (Å²) in [5.41, 5.74) is 0.00792. The fourth-order valence-corrected chi connectivity index (χ4v) is 2.35. The van der Waals surface area contributed by atoms with E-state index in [0.717, 1.165) is 15.9 Å². The lowest BCUT2D eigenvalue weighted by Gasteiger charge is -2.36. The molecule has 0 saturated heterocycles. The van der Waals surface area contributed by atoms with Crippen LogP contribution in [0.25, 0.3) is 0 Å². The van der Waals surface area contributed by atoms with Crippen molar-refractivity contribution in [2.75, 3.05) is 5.32 Å². The summed E-state index contributed by atoms with van der Waals surface area (Å²) in [5.74, 6) is 0.675. The Hall–Kier alpha value is -1.03. The molecular formula is C12H14BrNO2. The zero-order valence-electron chi connectivity index (χ0n) is 9.34. The molecule has 1 aromatic rings. The Morgan fingerprint density at radius 2 is 2.06 bits per heavy atom. The zero-order chi connectivity index (χ0) is 11.8. The summed E-state index contributed by atoms with van der Waals surface area (Å²) < 4.78 is 6.77. The average molecular weight is 284 g/mol. The molecule has 1 aliphatic rings. The summed E-state index contributed by atoms with van der Waals surface area (Å²) in [7, 11) is 0. The van der Waals surface area contributed by atoms with Crippen LogP contribution < -0.4 is 10.1 Å². The van der Waals surface area contributed by atoms with Crippen molar-refractivity contribution in [1.29, 1.82) is 0 Å². The van der Waals surface area contributed by atoms with Crippen LogP contribution in [0, 0.1) is 0 Å². The van der Waals surface area contributed by atoms with E-state index in [-0.39, 0.29) is 5.91 Å². The van der Waals surface area contributed by atoms with Gasteiger partial charge in [0, 0.05) is 0 Å². The second-order valence-electron chi connectivity index (χ2n) is 3.87. The molecule has 1 aliphatic heterocycles. The molecule has 1 heterocycles. The number of amides is 1. The number of rotatable bonds is 2. The first kappa shape index (κ1) is 11.5. The van der Waals surface area contributed by atoms with E-state index in [4.69, 9.17) is 4.74 Å². The van der Waals surface area contributed by atoms with Crippen LogP contribution in [0.4, 0.5) is 5.69 Å². The molecule has 0 aliphatic carbocycles. The normalized spacial score (nSPS) is 17.3. The van der Waals surface area contributed by atoms with Crippen molar-refractivity contribution in [3.8, 4) is 5.75 Å². The van der Waals surface area contributed by atoms with Crippen molar-refractivity contribution in [3.63, 3.8) is 0 Å². The Morgan fingerprint density at radius 3 is 2.69 bits per heavy atom. The second kappa shape index (κ2) is 4.09. The molecule has 0 aromatic heterocycles. The topological polar surface area (TPSA) is 38.3 Å².